The SMILES string of the molecule is COc1cccc(NC(=O)CN(c2ccc(C(C)C)cc2)S(=O)(=O)c2c(C)n[nH]c2C)c1. The lowest BCUT2D eigenvalue weighted by atomic mass is 10.0. The van der Waals surface area contributed by atoms with Gasteiger partial charge in [0, 0.05) is 11.8 Å². The number of ether oxygens (including phenoxy) is 1. The number of amides is 1. The number of aromatic nitrogens is 2. The molecule has 0 aliphatic carbocycles. The summed E-state index contributed by atoms with van der Waals surface area (Å²) in [5.41, 5.74) is 2.74. The molecule has 0 unspecified atom stereocenters. The molecule has 170 valence electrons. The number of methoxy groups -OCH3 is 1. The Morgan fingerprint density at radius 1 is 1.16 bits per heavy atom. The van der Waals surface area contributed by atoms with E-state index in [0.717, 1.165) is 9.87 Å². The molecule has 0 bridgehead atoms. The van der Waals surface area contributed by atoms with Crippen molar-refractivity contribution in [2.75, 3.05) is 23.3 Å². The zero-order chi connectivity index (χ0) is 23.5. The van der Waals surface area contributed by atoms with Crippen LogP contribution in [0, 0.1) is 13.8 Å². The molecule has 8 nitrogen and oxygen atoms in total. The van der Waals surface area contributed by atoms with Gasteiger partial charge in [-0.2, -0.15) is 5.10 Å². The molecule has 0 spiro atoms. The van der Waals surface area contributed by atoms with Crippen LogP contribution in [-0.4, -0.2) is 38.2 Å². The third-order valence-corrected chi connectivity index (χ3v) is 7.13. The number of hydrogen-bond acceptors (Lipinski definition) is 5. The van der Waals surface area contributed by atoms with Crippen molar-refractivity contribution in [2.24, 2.45) is 0 Å². The molecule has 2 aromatic carbocycles. The van der Waals surface area contributed by atoms with E-state index in [1.807, 2.05) is 12.1 Å². The van der Waals surface area contributed by atoms with Crippen LogP contribution in [0.1, 0.15) is 36.7 Å². The van der Waals surface area contributed by atoms with Crippen LogP contribution < -0.4 is 14.4 Å². The predicted molar refractivity (Wildman–Crippen MR) is 125 cm³/mol. The first kappa shape index (κ1) is 23.3. The number of rotatable bonds is 8. The lowest BCUT2D eigenvalue weighted by Gasteiger charge is -2.24. The standard InChI is InChI=1S/C23H28N4O4S/c1-15(2)18-9-11-20(12-10-18)27(32(29,30)23-16(3)25-26-17(23)4)14-22(28)24-19-7-6-8-21(13-19)31-5/h6-13,15H,14H2,1-5H3,(H,24,28)(H,25,26). The molecular formula is C23H28N4O4S. The van der Waals surface area contributed by atoms with Crippen molar-refractivity contribution in [3.8, 4) is 5.75 Å². The fourth-order valence-electron chi connectivity index (χ4n) is 3.40. The van der Waals surface area contributed by atoms with Gasteiger partial charge in [0.25, 0.3) is 10.0 Å². The minimum Gasteiger partial charge on any atom is -0.497 e. The van der Waals surface area contributed by atoms with Crippen LogP contribution in [0.3, 0.4) is 0 Å². The van der Waals surface area contributed by atoms with Crippen molar-refractivity contribution < 1.29 is 17.9 Å². The first-order chi connectivity index (χ1) is 15.1. The summed E-state index contributed by atoms with van der Waals surface area (Å²) in [6.45, 7) is 6.98. The first-order valence-electron chi connectivity index (χ1n) is 10.2. The molecule has 3 rings (SSSR count). The highest BCUT2D eigenvalue weighted by Gasteiger charge is 2.31. The predicted octanol–water partition coefficient (Wildman–Crippen LogP) is 3.99. The quantitative estimate of drug-likeness (QED) is 0.533. The Labute approximate surface area is 188 Å². The van der Waals surface area contributed by atoms with Crippen LogP contribution in [0.2, 0.25) is 0 Å². The number of aryl methyl sites for hydroxylation is 2. The average molecular weight is 457 g/mol. The molecule has 0 radical (unpaired) electrons. The van der Waals surface area contributed by atoms with Crippen LogP contribution in [0.4, 0.5) is 11.4 Å². The van der Waals surface area contributed by atoms with Gasteiger partial charge in [0.05, 0.1) is 24.2 Å². The van der Waals surface area contributed by atoms with Gasteiger partial charge in [-0.15, -0.1) is 0 Å². The van der Waals surface area contributed by atoms with Gasteiger partial charge in [0.1, 0.15) is 17.2 Å². The minimum atomic E-state index is -4.05. The normalized spacial score (nSPS) is 11.4. The smallest absolute Gasteiger partial charge is 0.268 e. The van der Waals surface area contributed by atoms with Crippen LogP contribution >= 0.6 is 0 Å². The molecule has 0 saturated carbocycles. The second kappa shape index (κ2) is 9.44. The molecule has 0 fully saturated rings. The average Bonchev–Trinajstić information content (AvgIpc) is 3.10. The molecule has 0 atom stereocenters. The Morgan fingerprint density at radius 3 is 2.41 bits per heavy atom. The van der Waals surface area contributed by atoms with E-state index in [1.54, 1.807) is 50.2 Å². The van der Waals surface area contributed by atoms with Gasteiger partial charge < -0.3 is 10.1 Å². The Morgan fingerprint density at radius 2 is 1.84 bits per heavy atom. The van der Waals surface area contributed by atoms with Gasteiger partial charge in [0.2, 0.25) is 5.91 Å². The number of nitrogens with one attached hydrogen (secondary N) is 2. The number of carbonyl (C=O) groups excluding carboxylic acids is 1. The summed E-state index contributed by atoms with van der Waals surface area (Å²) in [5, 5.41) is 9.47. The number of benzene rings is 2. The highest BCUT2D eigenvalue weighted by atomic mass is 32.2. The first-order valence-corrected chi connectivity index (χ1v) is 11.7. The second-order valence-electron chi connectivity index (χ2n) is 7.80. The van der Waals surface area contributed by atoms with Gasteiger partial charge in [-0.25, -0.2) is 8.42 Å². The van der Waals surface area contributed by atoms with E-state index in [2.05, 4.69) is 29.4 Å². The lowest BCUT2D eigenvalue weighted by Crippen LogP contribution is -2.38. The molecular weight excluding hydrogens is 428 g/mol. The molecule has 2 N–H and O–H groups in total. The molecule has 1 aromatic heterocycles. The monoisotopic (exact) mass is 456 g/mol. The van der Waals surface area contributed by atoms with Gasteiger partial charge in [-0.05, 0) is 49.6 Å². The molecule has 0 aliphatic heterocycles. The highest BCUT2D eigenvalue weighted by Crippen LogP contribution is 2.28. The number of sulfonamides is 1. The number of aromatic amines is 1. The number of anilines is 2. The fraction of sp³-hybridized carbons (Fsp3) is 0.304. The number of hydrogen-bond donors (Lipinski definition) is 2. The van der Waals surface area contributed by atoms with E-state index in [9.17, 15) is 13.2 Å². The molecule has 1 amide bonds. The summed E-state index contributed by atoms with van der Waals surface area (Å²) in [5.74, 6) is 0.401. The van der Waals surface area contributed by atoms with Gasteiger partial charge in [-0.1, -0.05) is 32.0 Å². The summed E-state index contributed by atoms with van der Waals surface area (Å²) in [6, 6.07) is 14.1. The van der Waals surface area contributed by atoms with E-state index in [0.29, 0.717) is 34.4 Å². The van der Waals surface area contributed by atoms with Gasteiger partial charge in [-0.3, -0.25) is 14.2 Å². The maximum absolute atomic E-state index is 13.6. The van der Waals surface area contributed by atoms with E-state index >= 15 is 0 Å². The molecule has 1 heterocycles. The maximum Gasteiger partial charge on any atom is 0.268 e. The Bertz CT molecular complexity index is 1180. The molecule has 32 heavy (non-hydrogen) atoms. The fourth-order valence-corrected chi connectivity index (χ4v) is 5.16. The van der Waals surface area contributed by atoms with E-state index < -0.39 is 22.5 Å². The van der Waals surface area contributed by atoms with E-state index in [-0.39, 0.29) is 4.90 Å². The second-order valence-corrected chi connectivity index (χ2v) is 9.60. The van der Waals surface area contributed by atoms with Crippen molar-refractivity contribution in [2.45, 2.75) is 38.5 Å². The summed E-state index contributed by atoms with van der Waals surface area (Å²) in [4.78, 5) is 12.9. The summed E-state index contributed by atoms with van der Waals surface area (Å²) in [6.07, 6.45) is 0. The topological polar surface area (TPSA) is 104 Å². The largest absolute Gasteiger partial charge is 0.497 e. The zero-order valence-corrected chi connectivity index (χ0v) is 19.7. The number of nitrogens with zero attached hydrogens (tertiary/aromatic N) is 2. The number of carbonyl (C=O) groups is 1. The van der Waals surface area contributed by atoms with Crippen molar-refractivity contribution in [1.29, 1.82) is 0 Å². The third-order valence-electron chi connectivity index (χ3n) is 5.10. The van der Waals surface area contributed by atoms with Crippen molar-refractivity contribution in [3.63, 3.8) is 0 Å². The van der Waals surface area contributed by atoms with Gasteiger partial charge in [0.15, 0.2) is 0 Å². The minimum absolute atomic E-state index is 0.0691. The van der Waals surface area contributed by atoms with Crippen molar-refractivity contribution in [3.05, 3.63) is 65.5 Å². The van der Waals surface area contributed by atoms with Crippen LogP contribution in [0.15, 0.2) is 53.4 Å². The van der Waals surface area contributed by atoms with Crippen LogP contribution in [-0.2, 0) is 14.8 Å². The summed E-state index contributed by atoms with van der Waals surface area (Å²) in [7, 11) is -2.52. The van der Waals surface area contributed by atoms with E-state index in [4.69, 9.17) is 4.74 Å². The zero-order valence-electron chi connectivity index (χ0n) is 18.8. The Kier molecular flexibility index (Phi) is 6.88. The van der Waals surface area contributed by atoms with Crippen LogP contribution in [0.25, 0.3) is 0 Å². The highest BCUT2D eigenvalue weighted by molar-refractivity contribution is 7.93. The third kappa shape index (κ3) is 4.94. The van der Waals surface area contributed by atoms with Crippen molar-refractivity contribution in [1.82, 2.24) is 10.2 Å². The summed E-state index contributed by atoms with van der Waals surface area (Å²) >= 11 is 0. The Hall–Kier alpha value is -3.33. The Balaban J connectivity index is 1.97. The van der Waals surface area contributed by atoms with E-state index in [1.165, 1.54) is 7.11 Å². The lowest BCUT2D eigenvalue weighted by molar-refractivity contribution is -0.114. The molecule has 3 aromatic rings. The maximum atomic E-state index is 13.6. The van der Waals surface area contributed by atoms with Crippen LogP contribution in [0.5, 0.6) is 5.75 Å². The molecule has 0 saturated heterocycles. The summed E-state index contributed by atoms with van der Waals surface area (Å²) < 4.78 is 33.5. The molecule has 0 aliphatic rings. The van der Waals surface area contributed by atoms with Gasteiger partial charge >= 0.3 is 0 Å². The molecule has 9 heteroatoms. The van der Waals surface area contributed by atoms with Crippen molar-refractivity contribution >= 4 is 27.3 Å². The number of H-pyrrole nitrogens is 1.